The van der Waals surface area contributed by atoms with Crippen molar-refractivity contribution in [1.29, 1.82) is 0 Å². The second kappa shape index (κ2) is 6.31. The molecule has 2 rings (SSSR count). The summed E-state index contributed by atoms with van der Waals surface area (Å²) in [5.74, 6) is -0.737. The first kappa shape index (κ1) is 18.6. The smallest absolute Gasteiger partial charge is 0.389 e. The number of amides is 1. The predicted octanol–water partition coefficient (Wildman–Crippen LogP) is 2.14. The van der Waals surface area contributed by atoms with Crippen LogP contribution in [-0.2, 0) is 23.8 Å². The second-order valence-electron chi connectivity index (χ2n) is 6.99. The summed E-state index contributed by atoms with van der Waals surface area (Å²) >= 11 is 0. The third kappa shape index (κ3) is 4.23. The summed E-state index contributed by atoms with van der Waals surface area (Å²) in [4.78, 5) is 21.5. The number of carbonyl (C=O) groups is 1. The van der Waals surface area contributed by atoms with E-state index in [2.05, 4.69) is 9.97 Å². The van der Waals surface area contributed by atoms with Gasteiger partial charge in [0.15, 0.2) is 5.69 Å². The summed E-state index contributed by atoms with van der Waals surface area (Å²) in [5.41, 5.74) is -1.60. The van der Waals surface area contributed by atoms with Crippen molar-refractivity contribution in [3.8, 4) is 0 Å². The summed E-state index contributed by atoms with van der Waals surface area (Å²) in [6.07, 6.45) is -3.84. The monoisotopic (exact) mass is 345 g/mol. The average molecular weight is 345 g/mol. The van der Waals surface area contributed by atoms with Gasteiger partial charge >= 0.3 is 6.18 Å². The molecule has 1 N–H and O–H groups in total. The van der Waals surface area contributed by atoms with E-state index in [0.717, 1.165) is 0 Å². The molecule has 24 heavy (non-hydrogen) atoms. The SMILES string of the molecule is Cc1nc2c(c(C(F)(F)F)n1)CC(C(=O)N(C)CC(C)(C)O)CC2. The molecular weight excluding hydrogens is 323 g/mol. The molecule has 0 saturated heterocycles. The molecule has 134 valence electrons. The van der Waals surface area contributed by atoms with E-state index in [0.29, 0.717) is 18.5 Å². The van der Waals surface area contributed by atoms with E-state index in [1.807, 2.05) is 0 Å². The molecule has 1 aromatic heterocycles. The molecule has 0 fully saturated rings. The summed E-state index contributed by atoms with van der Waals surface area (Å²) in [6, 6.07) is 0. The summed E-state index contributed by atoms with van der Waals surface area (Å²) in [7, 11) is 1.55. The number of rotatable bonds is 3. The third-order valence-corrected chi connectivity index (χ3v) is 4.00. The van der Waals surface area contributed by atoms with Crippen LogP contribution >= 0.6 is 0 Å². The number of alkyl halides is 3. The summed E-state index contributed by atoms with van der Waals surface area (Å²) in [5, 5.41) is 9.81. The number of aliphatic hydroxyl groups is 1. The van der Waals surface area contributed by atoms with E-state index in [9.17, 15) is 23.1 Å². The van der Waals surface area contributed by atoms with Crippen LogP contribution < -0.4 is 0 Å². The lowest BCUT2D eigenvalue weighted by Gasteiger charge is -2.31. The van der Waals surface area contributed by atoms with E-state index in [4.69, 9.17) is 0 Å². The molecule has 1 aromatic rings. The number of nitrogens with zero attached hydrogens (tertiary/aromatic N) is 3. The Morgan fingerprint density at radius 2 is 1.96 bits per heavy atom. The number of aryl methyl sites for hydroxylation is 2. The zero-order valence-corrected chi connectivity index (χ0v) is 14.2. The van der Waals surface area contributed by atoms with Crippen molar-refractivity contribution in [2.45, 2.75) is 51.8 Å². The highest BCUT2D eigenvalue weighted by atomic mass is 19.4. The minimum atomic E-state index is -4.57. The van der Waals surface area contributed by atoms with Gasteiger partial charge in [-0.25, -0.2) is 9.97 Å². The Morgan fingerprint density at radius 3 is 2.50 bits per heavy atom. The Labute approximate surface area is 138 Å². The maximum atomic E-state index is 13.2. The van der Waals surface area contributed by atoms with Crippen LogP contribution in [0.2, 0.25) is 0 Å². The van der Waals surface area contributed by atoms with Gasteiger partial charge in [-0.3, -0.25) is 4.79 Å². The highest BCUT2D eigenvalue weighted by Crippen LogP contribution is 2.36. The maximum Gasteiger partial charge on any atom is 0.433 e. The topological polar surface area (TPSA) is 66.3 Å². The molecule has 1 aliphatic carbocycles. The molecule has 1 atom stereocenters. The molecule has 1 heterocycles. The van der Waals surface area contributed by atoms with E-state index >= 15 is 0 Å². The Kier molecular flexibility index (Phi) is 4.90. The van der Waals surface area contributed by atoms with Crippen LogP contribution in [0.4, 0.5) is 13.2 Å². The minimum absolute atomic E-state index is 0.0226. The van der Waals surface area contributed by atoms with Crippen molar-refractivity contribution >= 4 is 5.91 Å². The van der Waals surface area contributed by atoms with E-state index in [1.165, 1.54) is 11.8 Å². The molecule has 0 aromatic carbocycles. The molecule has 8 heteroatoms. The number of fused-ring (bicyclic) bond motifs is 1. The van der Waals surface area contributed by atoms with Crippen LogP contribution in [-0.4, -0.2) is 45.1 Å². The summed E-state index contributed by atoms with van der Waals surface area (Å²) in [6.45, 7) is 4.70. The van der Waals surface area contributed by atoms with Crippen molar-refractivity contribution in [3.05, 3.63) is 22.8 Å². The fraction of sp³-hybridized carbons (Fsp3) is 0.688. The standard InChI is InChI=1S/C16H22F3N3O2/c1-9-20-12-6-5-10(14(23)22(4)8-15(2,3)24)7-11(12)13(21-9)16(17,18)19/h10,24H,5-8H2,1-4H3. The zero-order chi connectivity index (χ0) is 18.3. The molecule has 1 unspecified atom stereocenters. The van der Waals surface area contributed by atoms with Gasteiger partial charge in [0.1, 0.15) is 5.82 Å². The lowest BCUT2D eigenvalue weighted by atomic mass is 9.84. The van der Waals surface area contributed by atoms with Crippen molar-refractivity contribution in [2.75, 3.05) is 13.6 Å². The highest BCUT2D eigenvalue weighted by Gasteiger charge is 2.40. The van der Waals surface area contributed by atoms with Crippen LogP contribution in [0, 0.1) is 12.8 Å². The number of aromatic nitrogens is 2. The largest absolute Gasteiger partial charge is 0.433 e. The van der Waals surface area contributed by atoms with Gasteiger partial charge in [0.2, 0.25) is 5.91 Å². The van der Waals surface area contributed by atoms with Crippen molar-refractivity contribution in [3.63, 3.8) is 0 Å². The number of likely N-dealkylation sites (N-methyl/N-ethyl adjacent to an activating group) is 1. The molecular formula is C16H22F3N3O2. The van der Waals surface area contributed by atoms with Gasteiger partial charge in [-0.15, -0.1) is 0 Å². The van der Waals surface area contributed by atoms with Crippen LogP contribution in [0.15, 0.2) is 0 Å². The second-order valence-corrected chi connectivity index (χ2v) is 6.99. The highest BCUT2D eigenvalue weighted by molar-refractivity contribution is 5.79. The third-order valence-electron chi connectivity index (χ3n) is 4.00. The molecule has 0 saturated carbocycles. The lowest BCUT2D eigenvalue weighted by molar-refractivity contribution is -0.143. The Hall–Kier alpha value is -1.70. The Morgan fingerprint density at radius 1 is 1.33 bits per heavy atom. The fourth-order valence-corrected chi connectivity index (χ4v) is 3.15. The van der Waals surface area contributed by atoms with Crippen molar-refractivity contribution in [2.24, 2.45) is 5.92 Å². The summed E-state index contributed by atoms with van der Waals surface area (Å²) < 4.78 is 39.7. The lowest BCUT2D eigenvalue weighted by Crippen LogP contribution is -2.43. The normalized spacial score (nSPS) is 18.2. The molecule has 1 amide bonds. The van der Waals surface area contributed by atoms with Gasteiger partial charge in [0.05, 0.1) is 5.60 Å². The minimum Gasteiger partial charge on any atom is -0.389 e. The molecule has 1 aliphatic rings. The van der Waals surface area contributed by atoms with Crippen LogP contribution in [0.25, 0.3) is 0 Å². The number of carbonyl (C=O) groups excluding carboxylic acids is 1. The molecule has 0 radical (unpaired) electrons. The van der Waals surface area contributed by atoms with Gasteiger partial charge < -0.3 is 10.0 Å². The van der Waals surface area contributed by atoms with Gasteiger partial charge in [-0.2, -0.15) is 13.2 Å². The Bertz CT molecular complexity index is 639. The fourth-order valence-electron chi connectivity index (χ4n) is 3.15. The van der Waals surface area contributed by atoms with Gasteiger partial charge in [-0.05, 0) is 40.0 Å². The number of halogens is 3. The van der Waals surface area contributed by atoms with E-state index in [1.54, 1.807) is 20.9 Å². The average Bonchev–Trinajstić information content (AvgIpc) is 2.42. The Balaban J connectivity index is 2.27. The zero-order valence-electron chi connectivity index (χ0n) is 14.2. The van der Waals surface area contributed by atoms with Gasteiger partial charge in [-0.1, -0.05) is 0 Å². The molecule has 0 aliphatic heterocycles. The van der Waals surface area contributed by atoms with Crippen LogP contribution in [0.1, 0.15) is 43.0 Å². The van der Waals surface area contributed by atoms with Crippen LogP contribution in [0.3, 0.4) is 0 Å². The first-order valence-corrected chi connectivity index (χ1v) is 7.79. The van der Waals surface area contributed by atoms with Crippen LogP contribution in [0.5, 0.6) is 0 Å². The van der Waals surface area contributed by atoms with Gasteiger partial charge in [0.25, 0.3) is 0 Å². The van der Waals surface area contributed by atoms with Crippen molar-refractivity contribution < 1.29 is 23.1 Å². The quantitative estimate of drug-likeness (QED) is 0.911. The van der Waals surface area contributed by atoms with Crippen molar-refractivity contribution in [1.82, 2.24) is 14.9 Å². The first-order chi connectivity index (χ1) is 10.9. The molecule has 0 bridgehead atoms. The maximum absolute atomic E-state index is 13.2. The molecule has 0 spiro atoms. The first-order valence-electron chi connectivity index (χ1n) is 7.79. The number of hydrogen-bond acceptors (Lipinski definition) is 4. The van der Waals surface area contributed by atoms with Gasteiger partial charge in [0, 0.05) is 30.8 Å². The van der Waals surface area contributed by atoms with E-state index in [-0.39, 0.29) is 30.3 Å². The number of hydrogen-bond donors (Lipinski definition) is 1. The predicted molar refractivity (Wildman–Crippen MR) is 81.2 cm³/mol. The van der Waals surface area contributed by atoms with E-state index < -0.39 is 23.4 Å². The molecule has 5 nitrogen and oxygen atoms in total.